The summed E-state index contributed by atoms with van der Waals surface area (Å²) in [6.07, 6.45) is 8.40. The number of halogens is 1. The highest BCUT2D eigenvalue weighted by Gasteiger charge is 2.20. The second-order valence-corrected chi connectivity index (χ2v) is 7.91. The second-order valence-electron chi connectivity index (χ2n) is 6.60. The Morgan fingerprint density at radius 3 is 2.65 bits per heavy atom. The molecule has 0 radical (unpaired) electrons. The fraction of sp³-hybridized carbons (Fsp3) is 0.765. The van der Waals surface area contributed by atoms with Crippen molar-refractivity contribution >= 4 is 41.3 Å². The lowest BCUT2D eigenvalue weighted by Gasteiger charge is -2.31. The molecule has 1 aliphatic carbocycles. The van der Waals surface area contributed by atoms with Gasteiger partial charge in [0.25, 0.3) is 0 Å². The van der Waals surface area contributed by atoms with E-state index in [1.165, 1.54) is 35.6 Å². The molecule has 1 aromatic rings. The highest BCUT2D eigenvalue weighted by Crippen LogP contribution is 2.28. The third kappa shape index (κ3) is 6.95. The zero-order valence-electron chi connectivity index (χ0n) is 14.8. The maximum atomic E-state index is 4.42. The molecule has 1 heterocycles. The van der Waals surface area contributed by atoms with E-state index in [0.29, 0.717) is 0 Å². The van der Waals surface area contributed by atoms with E-state index >= 15 is 0 Å². The summed E-state index contributed by atoms with van der Waals surface area (Å²) in [4.78, 5) is 12.4. The van der Waals surface area contributed by atoms with E-state index in [1.54, 1.807) is 11.3 Å². The average Bonchev–Trinajstić information content (AvgIpc) is 2.91. The van der Waals surface area contributed by atoms with E-state index in [2.05, 4.69) is 41.1 Å². The Labute approximate surface area is 162 Å². The lowest BCUT2D eigenvalue weighted by atomic mass is 9.83. The number of hydrogen-bond donors (Lipinski definition) is 1. The number of aromatic nitrogens is 1. The largest absolute Gasteiger partial charge is 0.356 e. The molecular formula is C17H31IN4S. The monoisotopic (exact) mass is 450 g/mol. The fourth-order valence-corrected chi connectivity index (χ4v) is 3.96. The summed E-state index contributed by atoms with van der Waals surface area (Å²) in [6.45, 7) is 6.49. The number of aryl methyl sites for hydroxylation is 1. The Kier molecular flexibility index (Phi) is 9.43. The van der Waals surface area contributed by atoms with Gasteiger partial charge in [-0.05, 0) is 31.6 Å². The maximum absolute atomic E-state index is 4.42. The van der Waals surface area contributed by atoms with Gasteiger partial charge in [-0.2, -0.15) is 0 Å². The number of thiazole rings is 1. The minimum Gasteiger partial charge on any atom is -0.356 e. The highest BCUT2D eigenvalue weighted by atomic mass is 127. The third-order valence-corrected chi connectivity index (χ3v) is 5.50. The van der Waals surface area contributed by atoms with Gasteiger partial charge in [0.2, 0.25) is 0 Å². The Balaban J connectivity index is 0.00000264. The Morgan fingerprint density at radius 2 is 2.09 bits per heavy atom. The highest BCUT2D eigenvalue weighted by molar-refractivity contribution is 14.0. The van der Waals surface area contributed by atoms with Crippen LogP contribution in [0.2, 0.25) is 0 Å². The Morgan fingerprint density at radius 1 is 1.39 bits per heavy atom. The lowest BCUT2D eigenvalue weighted by molar-refractivity contribution is 0.250. The fourth-order valence-electron chi connectivity index (χ4n) is 3.17. The molecular weight excluding hydrogens is 419 g/mol. The van der Waals surface area contributed by atoms with Crippen LogP contribution in [0, 0.1) is 18.8 Å². The lowest BCUT2D eigenvalue weighted by Crippen LogP contribution is -2.42. The van der Waals surface area contributed by atoms with Crippen LogP contribution in [0.1, 0.15) is 42.5 Å². The van der Waals surface area contributed by atoms with Crippen molar-refractivity contribution in [2.75, 3.05) is 27.2 Å². The molecule has 2 rings (SSSR count). The Hall–Kier alpha value is -0.370. The maximum Gasteiger partial charge on any atom is 0.193 e. The number of nitrogens with zero attached hydrogens (tertiary/aromatic N) is 3. The molecule has 1 fully saturated rings. The topological polar surface area (TPSA) is 40.5 Å². The molecule has 0 unspecified atom stereocenters. The summed E-state index contributed by atoms with van der Waals surface area (Å²) < 4.78 is 0. The molecule has 0 aliphatic heterocycles. The van der Waals surface area contributed by atoms with Crippen LogP contribution in [-0.2, 0) is 6.42 Å². The summed E-state index contributed by atoms with van der Waals surface area (Å²) in [5, 5.41) is 4.67. The van der Waals surface area contributed by atoms with Gasteiger partial charge in [0.05, 0.1) is 5.01 Å². The Bertz CT molecular complexity index is 481. The van der Waals surface area contributed by atoms with Crippen LogP contribution in [0.4, 0.5) is 0 Å². The normalized spacial score (nSPS) is 21.7. The standard InChI is InChI=1S/C17H30N4S.HI/c1-13-5-7-15(8-6-13)12-21(4)17(18-3)19-10-9-16-20-11-14(2)22-16;/h11,13,15H,5-10,12H2,1-4H3,(H,18,19);1H. The molecule has 0 saturated heterocycles. The molecule has 6 heteroatoms. The first-order chi connectivity index (χ1) is 10.6. The van der Waals surface area contributed by atoms with Gasteiger partial charge in [-0.1, -0.05) is 19.8 Å². The number of hydrogen-bond acceptors (Lipinski definition) is 3. The molecule has 0 aromatic carbocycles. The summed E-state index contributed by atoms with van der Waals surface area (Å²) >= 11 is 1.78. The van der Waals surface area contributed by atoms with Crippen molar-refractivity contribution in [2.24, 2.45) is 16.8 Å². The van der Waals surface area contributed by atoms with Crippen molar-refractivity contribution in [2.45, 2.75) is 46.0 Å². The summed E-state index contributed by atoms with van der Waals surface area (Å²) in [6, 6.07) is 0. The number of nitrogens with one attached hydrogen (secondary N) is 1. The van der Waals surface area contributed by atoms with E-state index in [0.717, 1.165) is 37.3 Å². The molecule has 1 saturated carbocycles. The van der Waals surface area contributed by atoms with Crippen LogP contribution in [0.5, 0.6) is 0 Å². The first-order valence-corrected chi connectivity index (χ1v) is 9.23. The van der Waals surface area contributed by atoms with E-state index < -0.39 is 0 Å². The minimum absolute atomic E-state index is 0. The molecule has 1 aliphatic rings. The SMILES string of the molecule is CN=C(NCCc1ncc(C)s1)N(C)CC1CCC(C)CC1.I. The van der Waals surface area contributed by atoms with E-state index in [4.69, 9.17) is 0 Å². The number of rotatable bonds is 5. The van der Waals surface area contributed by atoms with Crippen molar-refractivity contribution in [1.82, 2.24) is 15.2 Å². The molecule has 132 valence electrons. The average molecular weight is 450 g/mol. The third-order valence-electron chi connectivity index (χ3n) is 4.53. The van der Waals surface area contributed by atoms with Crippen LogP contribution in [0.25, 0.3) is 0 Å². The van der Waals surface area contributed by atoms with Gasteiger partial charge < -0.3 is 10.2 Å². The van der Waals surface area contributed by atoms with Crippen LogP contribution in [-0.4, -0.2) is 43.0 Å². The van der Waals surface area contributed by atoms with Gasteiger partial charge in [-0.3, -0.25) is 4.99 Å². The van der Waals surface area contributed by atoms with E-state index in [9.17, 15) is 0 Å². The van der Waals surface area contributed by atoms with Gasteiger partial charge in [-0.15, -0.1) is 35.3 Å². The summed E-state index contributed by atoms with van der Waals surface area (Å²) in [5.41, 5.74) is 0. The van der Waals surface area contributed by atoms with Crippen LogP contribution >= 0.6 is 35.3 Å². The van der Waals surface area contributed by atoms with Gasteiger partial charge >= 0.3 is 0 Å². The first-order valence-electron chi connectivity index (χ1n) is 8.41. The molecule has 1 aromatic heterocycles. The van der Waals surface area contributed by atoms with E-state index in [1.807, 2.05) is 13.2 Å². The second kappa shape index (κ2) is 10.5. The molecule has 0 atom stereocenters. The quantitative estimate of drug-likeness (QED) is 0.420. The van der Waals surface area contributed by atoms with Gasteiger partial charge in [0.15, 0.2) is 5.96 Å². The molecule has 0 spiro atoms. The zero-order valence-corrected chi connectivity index (χ0v) is 18.0. The number of aliphatic imine (C=N–C) groups is 1. The molecule has 0 bridgehead atoms. The van der Waals surface area contributed by atoms with Crippen molar-refractivity contribution in [3.63, 3.8) is 0 Å². The predicted octanol–water partition coefficient (Wildman–Crippen LogP) is 3.95. The summed E-state index contributed by atoms with van der Waals surface area (Å²) in [7, 11) is 4.02. The van der Waals surface area contributed by atoms with Crippen LogP contribution in [0.15, 0.2) is 11.2 Å². The molecule has 23 heavy (non-hydrogen) atoms. The molecule has 1 N–H and O–H groups in total. The van der Waals surface area contributed by atoms with Gasteiger partial charge in [-0.25, -0.2) is 4.98 Å². The van der Waals surface area contributed by atoms with Gasteiger partial charge in [0.1, 0.15) is 0 Å². The van der Waals surface area contributed by atoms with Crippen molar-refractivity contribution < 1.29 is 0 Å². The number of guanidine groups is 1. The zero-order chi connectivity index (χ0) is 15.9. The van der Waals surface area contributed by atoms with E-state index in [-0.39, 0.29) is 24.0 Å². The minimum atomic E-state index is 0. The molecule has 0 amide bonds. The predicted molar refractivity (Wildman–Crippen MR) is 111 cm³/mol. The van der Waals surface area contributed by atoms with Crippen molar-refractivity contribution in [1.29, 1.82) is 0 Å². The van der Waals surface area contributed by atoms with Crippen molar-refractivity contribution in [3.05, 3.63) is 16.1 Å². The summed E-state index contributed by atoms with van der Waals surface area (Å²) in [5.74, 6) is 2.74. The van der Waals surface area contributed by atoms with Gasteiger partial charge in [0, 0.05) is 44.7 Å². The van der Waals surface area contributed by atoms with Crippen LogP contribution in [0.3, 0.4) is 0 Å². The molecule has 4 nitrogen and oxygen atoms in total. The van der Waals surface area contributed by atoms with Crippen molar-refractivity contribution in [3.8, 4) is 0 Å². The van der Waals surface area contributed by atoms with Crippen LogP contribution < -0.4 is 5.32 Å². The smallest absolute Gasteiger partial charge is 0.193 e. The first kappa shape index (κ1) is 20.7.